The molecule has 1 amide bonds. The standard InChI is InChI=1S/C20H39NO6/c1-3-4-5-6-7-8-9-10-11-12-13-21(15(2)23)20-19(26)18(25)17(24)16(14-22)27-20/h16-20,22,24-26H,3-14H2,1-2H3/t16-,17-,18+,19-,20-/m1/s1. The Morgan fingerprint density at radius 2 is 1.37 bits per heavy atom. The number of unbranched alkanes of at least 4 members (excludes halogenated alkanes) is 9. The van der Waals surface area contributed by atoms with Crippen LogP contribution in [0.5, 0.6) is 0 Å². The number of carbonyl (C=O) groups excluding carboxylic acids is 1. The summed E-state index contributed by atoms with van der Waals surface area (Å²) in [5.74, 6) is -0.268. The van der Waals surface area contributed by atoms with Crippen LogP contribution in [0.3, 0.4) is 0 Å². The monoisotopic (exact) mass is 389 g/mol. The van der Waals surface area contributed by atoms with Gasteiger partial charge in [-0.1, -0.05) is 64.7 Å². The number of hydrogen-bond acceptors (Lipinski definition) is 6. The van der Waals surface area contributed by atoms with Gasteiger partial charge in [0.15, 0.2) is 6.23 Å². The van der Waals surface area contributed by atoms with Crippen molar-refractivity contribution >= 4 is 5.91 Å². The zero-order chi connectivity index (χ0) is 20.2. The summed E-state index contributed by atoms with van der Waals surface area (Å²) < 4.78 is 5.49. The Kier molecular flexibility index (Phi) is 12.1. The highest BCUT2D eigenvalue weighted by atomic mass is 16.6. The molecule has 7 heteroatoms. The second-order valence-electron chi connectivity index (χ2n) is 7.61. The number of aliphatic hydroxyl groups excluding tert-OH is 4. The number of hydrogen-bond donors (Lipinski definition) is 4. The van der Waals surface area contributed by atoms with Gasteiger partial charge >= 0.3 is 0 Å². The van der Waals surface area contributed by atoms with E-state index in [1.165, 1.54) is 56.8 Å². The molecule has 160 valence electrons. The number of aliphatic hydroxyl groups is 4. The van der Waals surface area contributed by atoms with Gasteiger partial charge in [0.2, 0.25) is 5.91 Å². The van der Waals surface area contributed by atoms with E-state index < -0.39 is 37.3 Å². The van der Waals surface area contributed by atoms with Gasteiger partial charge in [-0.2, -0.15) is 0 Å². The quantitative estimate of drug-likeness (QED) is 0.356. The Morgan fingerprint density at radius 1 is 0.852 bits per heavy atom. The molecular weight excluding hydrogens is 350 g/mol. The van der Waals surface area contributed by atoms with Crippen LogP contribution >= 0.6 is 0 Å². The van der Waals surface area contributed by atoms with E-state index in [4.69, 9.17) is 4.74 Å². The van der Waals surface area contributed by atoms with Gasteiger partial charge in [0.05, 0.1) is 6.61 Å². The molecule has 0 spiro atoms. The number of carbonyl (C=O) groups is 1. The molecule has 7 nitrogen and oxygen atoms in total. The molecule has 0 saturated carbocycles. The van der Waals surface area contributed by atoms with Crippen molar-refractivity contribution in [1.29, 1.82) is 0 Å². The first-order valence-electron chi connectivity index (χ1n) is 10.5. The van der Waals surface area contributed by atoms with Crippen LogP contribution in [-0.4, -0.2) is 75.0 Å². The van der Waals surface area contributed by atoms with E-state index in [2.05, 4.69) is 6.92 Å². The number of nitrogens with zero attached hydrogens (tertiary/aromatic N) is 1. The predicted molar refractivity (Wildman–Crippen MR) is 103 cm³/mol. The Hall–Kier alpha value is -0.730. The van der Waals surface area contributed by atoms with Crippen molar-refractivity contribution in [2.45, 2.75) is 109 Å². The van der Waals surface area contributed by atoms with E-state index in [0.29, 0.717) is 6.54 Å². The highest BCUT2D eigenvalue weighted by Gasteiger charge is 2.46. The molecule has 1 saturated heterocycles. The van der Waals surface area contributed by atoms with Crippen molar-refractivity contribution in [2.75, 3.05) is 13.2 Å². The van der Waals surface area contributed by atoms with Crippen molar-refractivity contribution in [1.82, 2.24) is 4.90 Å². The molecule has 0 aromatic rings. The summed E-state index contributed by atoms with van der Waals surface area (Å²) in [6, 6.07) is 0. The van der Waals surface area contributed by atoms with Gasteiger partial charge in [-0.3, -0.25) is 4.79 Å². The zero-order valence-electron chi connectivity index (χ0n) is 16.9. The molecule has 5 atom stereocenters. The summed E-state index contributed by atoms with van der Waals surface area (Å²) in [5, 5.41) is 39.3. The van der Waals surface area contributed by atoms with E-state index in [-0.39, 0.29) is 5.91 Å². The zero-order valence-corrected chi connectivity index (χ0v) is 16.9. The van der Waals surface area contributed by atoms with E-state index >= 15 is 0 Å². The molecule has 0 radical (unpaired) electrons. The minimum Gasteiger partial charge on any atom is -0.394 e. The first-order chi connectivity index (χ1) is 12.9. The maximum absolute atomic E-state index is 12.0. The van der Waals surface area contributed by atoms with Gasteiger partial charge in [0.1, 0.15) is 24.4 Å². The molecule has 1 aliphatic heterocycles. The van der Waals surface area contributed by atoms with Crippen molar-refractivity contribution in [3.8, 4) is 0 Å². The van der Waals surface area contributed by atoms with Crippen molar-refractivity contribution in [3.05, 3.63) is 0 Å². The summed E-state index contributed by atoms with van der Waals surface area (Å²) in [5.41, 5.74) is 0. The van der Waals surface area contributed by atoms with Gasteiger partial charge in [0.25, 0.3) is 0 Å². The van der Waals surface area contributed by atoms with E-state index in [1.807, 2.05) is 0 Å². The normalized spacial score (nSPS) is 28.3. The third kappa shape index (κ3) is 8.03. The van der Waals surface area contributed by atoms with Gasteiger partial charge in [-0.25, -0.2) is 0 Å². The molecule has 1 aliphatic rings. The molecule has 0 aromatic heterocycles. The minimum atomic E-state index is -1.46. The maximum atomic E-state index is 12.0. The summed E-state index contributed by atoms with van der Waals surface area (Å²) in [6.45, 7) is 3.52. The SMILES string of the molecule is CCCCCCCCCCCCN(C(C)=O)[C@@H]1O[C@H](CO)[C@@H](O)[C@H](O)[C@H]1O. The van der Waals surface area contributed by atoms with E-state index in [9.17, 15) is 25.2 Å². The van der Waals surface area contributed by atoms with Gasteiger partial charge in [-0.15, -0.1) is 0 Å². The van der Waals surface area contributed by atoms with Gasteiger partial charge < -0.3 is 30.1 Å². The van der Waals surface area contributed by atoms with E-state index in [1.54, 1.807) is 0 Å². The maximum Gasteiger partial charge on any atom is 0.221 e. The summed E-state index contributed by atoms with van der Waals surface area (Å²) in [4.78, 5) is 13.4. The van der Waals surface area contributed by atoms with Crippen LogP contribution in [0.4, 0.5) is 0 Å². The molecule has 0 aliphatic carbocycles. The predicted octanol–water partition coefficient (Wildman–Crippen LogP) is 1.56. The number of amides is 1. The third-order valence-corrected chi connectivity index (χ3v) is 5.33. The average molecular weight is 390 g/mol. The first-order valence-corrected chi connectivity index (χ1v) is 10.5. The summed E-state index contributed by atoms with van der Waals surface area (Å²) in [6.07, 6.45) is 5.46. The summed E-state index contributed by atoms with van der Waals surface area (Å²) in [7, 11) is 0. The largest absolute Gasteiger partial charge is 0.394 e. The lowest BCUT2D eigenvalue weighted by atomic mass is 9.97. The lowest BCUT2D eigenvalue weighted by molar-refractivity contribution is -0.262. The molecule has 0 unspecified atom stereocenters. The molecule has 4 N–H and O–H groups in total. The van der Waals surface area contributed by atoms with Crippen molar-refractivity contribution in [2.24, 2.45) is 0 Å². The van der Waals surface area contributed by atoms with Crippen molar-refractivity contribution in [3.63, 3.8) is 0 Å². The number of rotatable bonds is 13. The Balaban J connectivity index is 2.34. The van der Waals surface area contributed by atoms with Crippen LogP contribution in [0.15, 0.2) is 0 Å². The third-order valence-electron chi connectivity index (χ3n) is 5.33. The average Bonchev–Trinajstić information content (AvgIpc) is 2.65. The lowest BCUT2D eigenvalue weighted by Crippen LogP contribution is -2.64. The van der Waals surface area contributed by atoms with Crippen LogP contribution < -0.4 is 0 Å². The molecule has 0 bridgehead atoms. The van der Waals surface area contributed by atoms with Gasteiger partial charge in [-0.05, 0) is 6.42 Å². The van der Waals surface area contributed by atoms with Crippen LogP contribution in [0, 0.1) is 0 Å². The smallest absolute Gasteiger partial charge is 0.221 e. The highest BCUT2D eigenvalue weighted by Crippen LogP contribution is 2.24. The molecule has 1 rings (SSSR count). The second kappa shape index (κ2) is 13.4. The van der Waals surface area contributed by atoms with Crippen molar-refractivity contribution < 1.29 is 30.0 Å². The van der Waals surface area contributed by atoms with Crippen LogP contribution in [0.2, 0.25) is 0 Å². The second-order valence-corrected chi connectivity index (χ2v) is 7.61. The fourth-order valence-corrected chi connectivity index (χ4v) is 3.57. The molecule has 1 fully saturated rings. The molecule has 0 aromatic carbocycles. The fourth-order valence-electron chi connectivity index (χ4n) is 3.57. The number of ether oxygens (including phenoxy) is 1. The Bertz CT molecular complexity index is 406. The van der Waals surface area contributed by atoms with Crippen LogP contribution in [0.1, 0.15) is 78.1 Å². The van der Waals surface area contributed by atoms with E-state index in [0.717, 1.165) is 19.3 Å². The molecule has 27 heavy (non-hydrogen) atoms. The fraction of sp³-hybridized carbons (Fsp3) is 0.950. The first kappa shape index (κ1) is 24.3. The molecule has 1 heterocycles. The minimum absolute atomic E-state index is 0.268. The topological polar surface area (TPSA) is 110 Å². The molecular formula is C20H39NO6. The Morgan fingerprint density at radius 3 is 1.85 bits per heavy atom. The van der Waals surface area contributed by atoms with Crippen LogP contribution in [-0.2, 0) is 9.53 Å². The van der Waals surface area contributed by atoms with Crippen LogP contribution in [0.25, 0.3) is 0 Å². The lowest BCUT2D eigenvalue weighted by Gasteiger charge is -2.44. The Labute approximate surface area is 163 Å². The van der Waals surface area contributed by atoms with Gasteiger partial charge in [0, 0.05) is 13.5 Å². The summed E-state index contributed by atoms with van der Waals surface area (Å²) >= 11 is 0. The highest BCUT2D eigenvalue weighted by molar-refractivity contribution is 5.73.